The van der Waals surface area contributed by atoms with Gasteiger partial charge in [0.2, 0.25) is 5.91 Å². The standard InChI is InChI=1S/C15H22FNO2/c1-11(13-4-6-14(16)7-5-13)10-15(19)17(3)9-8-12(2)18/h4-7,11-12,18H,8-10H2,1-3H3. The van der Waals surface area contributed by atoms with E-state index in [1.807, 2.05) is 6.92 Å². The van der Waals surface area contributed by atoms with Gasteiger partial charge in [0.25, 0.3) is 0 Å². The zero-order valence-electron chi connectivity index (χ0n) is 11.8. The summed E-state index contributed by atoms with van der Waals surface area (Å²) in [6.07, 6.45) is 0.569. The van der Waals surface area contributed by atoms with Gasteiger partial charge in [-0.1, -0.05) is 19.1 Å². The lowest BCUT2D eigenvalue weighted by Gasteiger charge is -2.20. The van der Waals surface area contributed by atoms with Gasteiger partial charge < -0.3 is 10.0 Å². The second-order valence-electron chi connectivity index (χ2n) is 5.11. The number of amides is 1. The fourth-order valence-corrected chi connectivity index (χ4v) is 1.83. The van der Waals surface area contributed by atoms with E-state index in [1.165, 1.54) is 12.1 Å². The van der Waals surface area contributed by atoms with E-state index in [9.17, 15) is 14.3 Å². The van der Waals surface area contributed by atoms with Crippen LogP contribution < -0.4 is 0 Å². The molecule has 19 heavy (non-hydrogen) atoms. The molecular weight excluding hydrogens is 245 g/mol. The van der Waals surface area contributed by atoms with Crippen molar-refractivity contribution in [2.45, 2.75) is 38.7 Å². The SMILES string of the molecule is CC(O)CCN(C)C(=O)CC(C)c1ccc(F)cc1. The molecular formula is C15H22FNO2. The highest BCUT2D eigenvalue weighted by atomic mass is 19.1. The van der Waals surface area contributed by atoms with Gasteiger partial charge in [0.05, 0.1) is 6.10 Å². The van der Waals surface area contributed by atoms with E-state index < -0.39 is 6.10 Å². The highest BCUT2D eigenvalue weighted by molar-refractivity contribution is 5.76. The zero-order chi connectivity index (χ0) is 14.4. The number of rotatable bonds is 6. The molecule has 0 aliphatic rings. The molecule has 0 spiro atoms. The highest BCUT2D eigenvalue weighted by Gasteiger charge is 2.15. The summed E-state index contributed by atoms with van der Waals surface area (Å²) in [5, 5.41) is 9.20. The zero-order valence-corrected chi connectivity index (χ0v) is 11.8. The molecule has 1 aromatic rings. The summed E-state index contributed by atoms with van der Waals surface area (Å²) in [4.78, 5) is 13.6. The Balaban J connectivity index is 2.49. The molecule has 0 aliphatic carbocycles. The van der Waals surface area contributed by atoms with Crippen LogP contribution in [0.3, 0.4) is 0 Å². The summed E-state index contributed by atoms with van der Waals surface area (Å²) in [6.45, 7) is 4.21. The van der Waals surface area contributed by atoms with E-state index >= 15 is 0 Å². The highest BCUT2D eigenvalue weighted by Crippen LogP contribution is 2.20. The van der Waals surface area contributed by atoms with Crippen LogP contribution >= 0.6 is 0 Å². The second-order valence-corrected chi connectivity index (χ2v) is 5.11. The minimum absolute atomic E-state index is 0.0393. The third kappa shape index (κ3) is 5.39. The maximum absolute atomic E-state index is 12.8. The van der Waals surface area contributed by atoms with Gasteiger partial charge in [0.15, 0.2) is 0 Å². The van der Waals surface area contributed by atoms with Crippen molar-refractivity contribution in [2.75, 3.05) is 13.6 Å². The van der Waals surface area contributed by atoms with Gasteiger partial charge in [-0.15, -0.1) is 0 Å². The summed E-state index contributed by atoms with van der Waals surface area (Å²) in [7, 11) is 1.74. The van der Waals surface area contributed by atoms with Gasteiger partial charge in [-0.05, 0) is 37.0 Å². The molecule has 0 aromatic heterocycles. The minimum atomic E-state index is -0.398. The minimum Gasteiger partial charge on any atom is -0.393 e. The van der Waals surface area contributed by atoms with Gasteiger partial charge in [-0.2, -0.15) is 0 Å². The number of aliphatic hydroxyl groups excluding tert-OH is 1. The first kappa shape index (κ1) is 15.6. The van der Waals surface area contributed by atoms with Gasteiger partial charge >= 0.3 is 0 Å². The van der Waals surface area contributed by atoms with Crippen LogP contribution in [0.2, 0.25) is 0 Å². The Morgan fingerprint density at radius 3 is 2.42 bits per heavy atom. The van der Waals surface area contributed by atoms with Crippen molar-refractivity contribution in [3.8, 4) is 0 Å². The molecule has 4 heteroatoms. The lowest BCUT2D eigenvalue weighted by molar-refractivity contribution is -0.130. The first-order valence-corrected chi connectivity index (χ1v) is 6.57. The molecule has 1 rings (SSSR count). The Labute approximate surface area is 114 Å². The number of hydrogen-bond acceptors (Lipinski definition) is 2. The number of aliphatic hydroxyl groups is 1. The summed E-state index contributed by atoms with van der Waals surface area (Å²) in [6, 6.07) is 6.24. The molecule has 106 valence electrons. The monoisotopic (exact) mass is 267 g/mol. The van der Waals surface area contributed by atoms with Gasteiger partial charge in [0.1, 0.15) is 5.82 Å². The molecule has 0 heterocycles. The maximum atomic E-state index is 12.8. The molecule has 0 saturated carbocycles. The quantitative estimate of drug-likeness (QED) is 0.860. The Hall–Kier alpha value is -1.42. The maximum Gasteiger partial charge on any atom is 0.222 e. The fourth-order valence-electron chi connectivity index (χ4n) is 1.83. The van der Waals surface area contributed by atoms with Gasteiger partial charge in [-0.25, -0.2) is 4.39 Å². The van der Waals surface area contributed by atoms with Crippen molar-refractivity contribution >= 4 is 5.91 Å². The summed E-state index contributed by atoms with van der Waals surface area (Å²) in [5.41, 5.74) is 0.957. The Bertz CT molecular complexity index is 403. The van der Waals surface area contributed by atoms with Crippen molar-refractivity contribution in [1.82, 2.24) is 4.90 Å². The van der Waals surface area contributed by atoms with Crippen LogP contribution in [0.15, 0.2) is 24.3 Å². The number of hydrogen-bond donors (Lipinski definition) is 1. The Morgan fingerprint density at radius 1 is 1.32 bits per heavy atom. The lowest BCUT2D eigenvalue weighted by Crippen LogP contribution is -2.30. The van der Waals surface area contributed by atoms with Gasteiger partial charge in [0, 0.05) is 20.0 Å². The van der Waals surface area contributed by atoms with Crippen molar-refractivity contribution < 1.29 is 14.3 Å². The number of halogens is 1. The average Bonchev–Trinajstić information content (AvgIpc) is 2.36. The largest absolute Gasteiger partial charge is 0.393 e. The Morgan fingerprint density at radius 2 is 1.89 bits per heavy atom. The molecule has 1 amide bonds. The van der Waals surface area contributed by atoms with Crippen molar-refractivity contribution in [2.24, 2.45) is 0 Å². The van der Waals surface area contributed by atoms with Crippen molar-refractivity contribution in [3.05, 3.63) is 35.6 Å². The molecule has 3 nitrogen and oxygen atoms in total. The molecule has 2 atom stereocenters. The van der Waals surface area contributed by atoms with E-state index in [-0.39, 0.29) is 17.6 Å². The lowest BCUT2D eigenvalue weighted by atomic mass is 9.97. The van der Waals surface area contributed by atoms with E-state index in [1.54, 1.807) is 31.0 Å². The summed E-state index contributed by atoms with van der Waals surface area (Å²) in [5.74, 6) is -0.170. The average molecular weight is 267 g/mol. The Kier molecular flexibility index (Phi) is 5.96. The molecule has 2 unspecified atom stereocenters. The third-order valence-corrected chi connectivity index (χ3v) is 3.23. The molecule has 0 aliphatic heterocycles. The molecule has 0 radical (unpaired) electrons. The predicted molar refractivity (Wildman–Crippen MR) is 73.4 cm³/mol. The van der Waals surface area contributed by atoms with Crippen LogP contribution in [0.5, 0.6) is 0 Å². The molecule has 1 aromatic carbocycles. The van der Waals surface area contributed by atoms with Crippen LogP contribution in [-0.2, 0) is 4.79 Å². The molecule has 0 fully saturated rings. The van der Waals surface area contributed by atoms with Crippen LogP contribution in [0.4, 0.5) is 4.39 Å². The number of benzene rings is 1. The molecule has 1 N–H and O–H groups in total. The van der Waals surface area contributed by atoms with Crippen LogP contribution in [0.25, 0.3) is 0 Å². The first-order valence-electron chi connectivity index (χ1n) is 6.57. The smallest absolute Gasteiger partial charge is 0.222 e. The molecule has 0 saturated heterocycles. The van der Waals surface area contributed by atoms with E-state index in [0.29, 0.717) is 19.4 Å². The number of nitrogens with zero attached hydrogens (tertiary/aromatic N) is 1. The third-order valence-electron chi connectivity index (χ3n) is 3.23. The first-order chi connectivity index (χ1) is 8.90. The van der Waals surface area contributed by atoms with Crippen LogP contribution in [0.1, 0.15) is 38.2 Å². The van der Waals surface area contributed by atoms with E-state index in [0.717, 1.165) is 5.56 Å². The second kappa shape index (κ2) is 7.24. The predicted octanol–water partition coefficient (Wildman–Crippen LogP) is 2.55. The normalized spacial score (nSPS) is 13.9. The number of carbonyl (C=O) groups is 1. The van der Waals surface area contributed by atoms with E-state index in [4.69, 9.17) is 0 Å². The van der Waals surface area contributed by atoms with Crippen LogP contribution in [-0.4, -0.2) is 35.6 Å². The fraction of sp³-hybridized carbons (Fsp3) is 0.533. The van der Waals surface area contributed by atoms with E-state index in [2.05, 4.69) is 0 Å². The molecule has 0 bridgehead atoms. The number of carbonyl (C=O) groups excluding carboxylic acids is 1. The van der Waals surface area contributed by atoms with Crippen LogP contribution in [0, 0.1) is 5.82 Å². The summed E-state index contributed by atoms with van der Waals surface area (Å²) < 4.78 is 12.8. The van der Waals surface area contributed by atoms with Crippen molar-refractivity contribution in [3.63, 3.8) is 0 Å². The van der Waals surface area contributed by atoms with Gasteiger partial charge in [-0.3, -0.25) is 4.79 Å². The summed E-state index contributed by atoms with van der Waals surface area (Å²) >= 11 is 0. The topological polar surface area (TPSA) is 40.5 Å². The van der Waals surface area contributed by atoms with Crippen molar-refractivity contribution in [1.29, 1.82) is 0 Å².